The van der Waals surface area contributed by atoms with Crippen LogP contribution in [0.1, 0.15) is 32.8 Å². The Bertz CT molecular complexity index is 413. The summed E-state index contributed by atoms with van der Waals surface area (Å²) in [6, 6.07) is 5.75. The lowest BCUT2D eigenvalue weighted by Crippen LogP contribution is -2.23. The number of halogens is 2. The zero-order chi connectivity index (χ0) is 13.5. The molecule has 0 aliphatic carbocycles. The molecule has 0 saturated carbocycles. The molecule has 0 saturated heterocycles. The minimum Gasteiger partial charge on any atom is -0.314 e. The van der Waals surface area contributed by atoms with Crippen LogP contribution in [-0.2, 0) is 6.42 Å². The van der Waals surface area contributed by atoms with Crippen LogP contribution < -0.4 is 5.32 Å². The summed E-state index contributed by atoms with van der Waals surface area (Å²) in [5, 5.41) is 3.36. The van der Waals surface area contributed by atoms with Crippen LogP contribution in [-0.4, -0.2) is 12.6 Å². The Kier molecular flexibility index (Phi) is 6.58. The van der Waals surface area contributed by atoms with Crippen molar-refractivity contribution < 1.29 is 4.39 Å². The second-order valence-electron chi connectivity index (χ2n) is 4.86. The molecule has 1 aromatic rings. The van der Waals surface area contributed by atoms with E-state index in [1.54, 1.807) is 0 Å². The minimum atomic E-state index is -0.141. The van der Waals surface area contributed by atoms with Gasteiger partial charge in [-0.25, -0.2) is 4.39 Å². The van der Waals surface area contributed by atoms with Gasteiger partial charge >= 0.3 is 0 Å². The highest BCUT2D eigenvalue weighted by Crippen LogP contribution is 2.18. The smallest absolute Gasteiger partial charge is 0.127 e. The summed E-state index contributed by atoms with van der Waals surface area (Å²) in [4.78, 5) is 0. The lowest BCUT2D eigenvalue weighted by molar-refractivity contribution is 0.593. The molecule has 100 valence electrons. The van der Waals surface area contributed by atoms with E-state index < -0.39 is 0 Å². The first-order valence-corrected chi connectivity index (χ1v) is 7.11. The van der Waals surface area contributed by atoms with Crippen LogP contribution in [0.3, 0.4) is 0 Å². The Hall–Kier alpha value is -0.670. The van der Waals surface area contributed by atoms with Gasteiger partial charge in [0.25, 0.3) is 0 Å². The molecule has 0 bridgehead atoms. The molecule has 0 atom stereocenters. The van der Waals surface area contributed by atoms with Crippen LogP contribution in [0.4, 0.5) is 4.39 Å². The minimum absolute atomic E-state index is 0.141. The zero-order valence-electron chi connectivity index (χ0n) is 11.3. The number of allylic oxidation sites excluding steroid dienone is 1. The van der Waals surface area contributed by atoms with E-state index in [4.69, 9.17) is 0 Å². The van der Waals surface area contributed by atoms with Crippen LogP contribution >= 0.6 is 15.9 Å². The third-order valence-electron chi connectivity index (χ3n) is 2.67. The number of hydrogen-bond donors (Lipinski definition) is 1. The number of benzene rings is 1. The van der Waals surface area contributed by atoms with Gasteiger partial charge in [-0.15, -0.1) is 0 Å². The molecule has 1 rings (SSSR count). The molecule has 0 unspecified atom stereocenters. The van der Waals surface area contributed by atoms with Gasteiger partial charge in [0, 0.05) is 10.5 Å². The second-order valence-corrected chi connectivity index (χ2v) is 5.78. The second kappa shape index (κ2) is 7.70. The van der Waals surface area contributed by atoms with Crippen molar-refractivity contribution >= 4 is 15.9 Å². The first kappa shape index (κ1) is 15.4. The fourth-order valence-corrected chi connectivity index (χ4v) is 2.06. The van der Waals surface area contributed by atoms with E-state index in [0.717, 1.165) is 23.0 Å². The van der Waals surface area contributed by atoms with E-state index in [1.165, 1.54) is 11.6 Å². The Balaban J connectivity index is 2.48. The van der Waals surface area contributed by atoms with Gasteiger partial charge in [-0.1, -0.05) is 47.5 Å². The highest BCUT2D eigenvalue weighted by atomic mass is 79.9. The molecule has 0 aliphatic rings. The normalized spacial score (nSPS) is 12.2. The van der Waals surface area contributed by atoms with Gasteiger partial charge in [0.1, 0.15) is 5.82 Å². The maximum absolute atomic E-state index is 13.6. The Morgan fingerprint density at radius 1 is 1.44 bits per heavy atom. The molecule has 0 fully saturated rings. The highest BCUT2D eigenvalue weighted by Gasteiger charge is 2.03. The summed E-state index contributed by atoms with van der Waals surface area (Å²) in [7, 11) is 0. The lowest BCUT2D eigenvalue weighted by Gasteiger charge is -2.07. The van der Waals surface area contributed by atoms with Crippen molar-refractivity contribution in [3.8, 4) is 0 Å². The largest absolute Gasteiger partial charge is 0.314 e. The first-order chi connectivity index (χ1) is 8.49. The highest BCUT2D eigenvalue weighted by molar-refractivity contribution is 9.10. The Morgan fingerprint density at radius 2 is 2.17 bits per heavy atom. The predicted molar refractivity (Wildman–Crippen MR) is 79.3 cm³/mol. The monoisotopic (exact) mass is 313 g/mol. The SMILES string of the molecule is CC(=CCCNC(C)C)Cc1ccc(Br)cc1F. The van der Waals surface area contributed by atoms with E-state index in [1.807, 2.05) is 12.1 Å². The van der Waals surface area contributed by atoms with Crippen LogP contribution in [0.25, 0.3) is 0 Å². The summed E-state index contributed by atoms with van der Waals surface area (Å²) < 4.78 is 14.4. The van der Waals surface area contributed by atoms with Crippen molar-refractivity contribution in [1.29, 1.82) is 0 Å². The molecule has 0 aliphatic heterocycles. The number of rotatable bonds is 6. The standard InChI is InChI=1S/C15H21BrFN/c1-11(2)18-8-4-5-12(3)9-13-6-7-14(16)10-15(13)17/h5-7,10-11,18H,4,8-9H2,1-3H3. The van der Waals surface area contributed by atoms with Crippen molar-refractivity contribution in [2.45, 2.75) is 39.7 Å². The summed E-state index contributed by atoms with van der Waals surface area (Å²) in [5.74, 6) is -0.141. The molecular weight excluding hydrogens is 293 g/mol. The van der Waals surface area contributed by atoms with Gasteiger partial charge in [0.15, 0.2) is 0 Å². The third kappa shape index (κ3) is 5.78. The average molecular weight is 314 g/mol. The van der Waals surface area contributed by atoms with Gasteiger partial charge in [0.05, 0.1) is 0 Å². The topological polar surface area (TPSA) is 12.0 Å². The van der Waals surface area contributed by atoms with Crippen LogP contribution in [0.15, 0.2) is 34.3 Å². The van der Waals surface area contributed by atoms with Gasteiger partial charge in [-0.05, 0) is 44.0 Å². The Labute approximate surface area is 118 Å². The maximum Gasteiger partial charge on any atom is 0.127 e. The van der Waals surface area contributed by atoms with Crippen molar-refractivity contribution in [2.24, 2.45) is 0 Å². The van der Waals surface area contributed by atoms with Gasteiger partial charge in [0.2, 0.25) is 0 Å². The van der Waals surface area contributed by atoms with Crippen LogP contribution in [0.2, 0.25) is 0 Å². The first-order valence-electron chi connectivity index (χ1n) is 6.32. The molecule has 3 heteroatoms. The molecule has 0 spiro atoms. The lowest BCUT2D eigenvalue weighted by atomic mass is 10.1. The molecule has 18 heavy (non-hydrogen) atoms. The van der Waals surface area contributed by atoms with Crippen molar-refractivity contribution in [3.63, 3.8) is 0 Å². The van der Waals surface area contributed by atoms with E-state index >= 15 is 0 Å². The fraction of sp³-hybridized carbons (Fsp3) is 0.467. The summed E-state index contributed by atoms with van der Waals surface area (Å²) >= 11 is 3.26. The molecule has 0 radical (unpaired) electrons. The molecular formula is C15H21BrFN. The van der Waals surface area contributed by atoms with Crippen molar-refractivity contribution in [3.05, 3.63) is 45.7 Å². The predicted octanol–water partition coefficient (Wildman–Crippen LogP) is 4.47. The fourth-order valence-electron chi connectivity index (χ4n) is 1.73. The van der Waals surface area contributed by atoms with E-state index in [0.29, 0.717) is 12.5 Å². The van der Waals surface area contributed by atoms with Crippen molar-refractivity contribution in [1.82, 2.24) is 5.32 Å². The third-order valence-corrected chi connectivity index (χ3v) is 3.17. The maximum atomic E-state index is 13.6. The van der Waals surface area contributed by atoms with E-state index in [-0.39, 0.29) is 5.82 Å². The molecule has 0 aromatic heterocycles. The van der Waals surface area contributed by atoms with Crippen LogP contribution in [0, 0.1) is 5.82 Å². The molecule has 1 aromatic carbocycles. The summed E-state index contributed by atoms with van der Waals surface area (Å²) in [6.45, 7) is 7.29. The summed E-state index contributed by atoms with van der Waals surface area (Å²) in [5.41, 5.74) is 1.96. The van der Waals surface area contributed by atoms with Gasteiger partial charge in [-0.3, -0.25) is 0 Å². The number of nitrogens with one attached hydrogen (secondary N) is 1. The van der Waals surface area contributed by atoms with Gasteiger partial charge in [-0.2, -0.15) is 0 Å². The molecule has 1 N–H and O–H groups in total. The average Bonchev–Trinajstić information content (AvgIpc) is 2.28. The van der Waals surface area contributed by atoms with Crippen molar-refractivity contribution in [2.75, 3.05) is 6.54 Å². The molecule has 1 nitrogen and oxygen atoms in total. The van der Waals surface area contributed by atoms with E-state index in [2.05, 4.69) is 48.1 Å². The number of hydrogen-bond acceptors (Lipinski definition) is 1. The van der Waals surface area contributed by atoms with Gasteiger partial charge < -0.3 is 5.32 Å². The molecule has 0 amide bonds. The quantitative estimate of drug-likeness (QED) is 0.603. The zero-order valence-corrected chi connectivity index (χ0v) is 12.8. The van der Waals surface area contributed by atoms with E-state index in [9.17, 15) is 4.39 Å². The summed E-state index contributed by atoms with van der Waals surface area (Å²) in [6.07, 6.45) is 3.85. The molecule has 0 heterocycles. The Morgan fingerprint density at radius 3 is 2.78 bits per heavy atom. The van der Waals surface area contributed by atoms with Crippen LogP contribution in [0.5, 0.6) is 0 Å².